The van der Waals surface area contributed by atoms with Gasteiger partial charge in [-0.15, -0.1) is 0 Å². The van der Waals surface area contributed by atoms with Crippen LogP contribution in [0.5, 0.6) is 0 Å². The van der Waals surface area contributed by atoms with Gasteiger partial charge in [0.05, 0.1) is 0 Å². The molecule has 0 unspecified atom stereocenters. The lowest BCUT2D eigenvalue weighted by Crippen LogP contribution is -2.48. The Morgan fingerprint density at radius 3 is 2.71 bits per heavy atom. The van der Waals surface area contributed by atoms with Gasteiger partial charge in [0, 0.05) is 63.7 Å². The van der Waals surface area contributed by atoms with Crippen molar-refractivity contribution in [3.8, 4) is 0 Å². The Kier molecular flexibility index (Phi) is 7.30. The summed E-state index contributed by atoms with van der Waals surface area (Å²) in [6.45, 7) is 8.44. The molecular formula is C16H26ClN3O. The average Bonchev–Trinajstić information content (AvgIpc) is 2.51. The van der Waals surface area contributed by atoms with Gasteiger partial charge in [0.1, 0.15) is 0 Å². The lowest BCUT2D eigenvalue weighted by molar-refractivity contribution is 0.193. The van der Waals surface area contributed by atoms with E-state index in [0.717, 1.165) is 63.9 Å². The van der Waals surface area contributed by atoms with Gasteiger partial charge >= 0.3 is 0 Å². The van der Waals surface area contributed by atoms with Gasteiger partial charge in [-0.05, 0) is 31.2 Å². The largest absolute Gasteiger partial charge is 0.385 e. The topological polar surface area (TPSA) is 27.7 Å². The Hall–Kier alpha value is -0.810. The molecule has 0 bridgehead atoms. The van der Waals surface area contributed by atoms with Crippen molar-refractivity contribution in [3.63, 3.8) is 0 Å². The van der Waals surface area contributed by atoms with Crippen LogP contribution < -0.4 is 10.2 Å². The maximum absolute atomic E-state index is 6.06. The minimum Gasteiger partial charge on any atom is -0.385 e. The van der Waals surface area contributed by atoms with Gasteiger partial charge in [-0.3, -0.25) is 4.90 Å². The third kappa shape index (κ3) is 5.83. The van der Waals surface area contributed by atoms with Gasteiger partial charge in [0.2, 0.25) is 0 Å². The van der Waals surface area contributed by atoms with E-state index in [9.17, 15) is 0 Å². The first-order valence-corrected chi connectivity index (χ1v) is 8.10. The molecule has 1 aromatic carbocycles. The Morgan fingerprint density at radius 1 is 1.19 bits per heavy atom. The van der Waals surface area contributed by atoms with Gasteiger partial charge in [-0.2, -0.15) is 0 Å². The molecule has 1 aliphatic rings. The van der Waals surface area contributed by atoms with Crippen LogP contribution in [0.15, 0.2) is 24.3 Å². The number of benzene rings is 1. The lowest BCUT2D eigenvalue weighted by Gasteiger charge is -2.36. The SMILES string of the molecule is COCCCNCCN1CCN(c2cccc(Cl)c2)CC1. The lowest BCUT2D eigenvalue weighted by atomic mass is 10.2. The van der Waals surface area contributed by atoms with Crippen molar-refractivity contribution in [2.24, 2.45) is 0 Å². The van der Waals surface area contributed by atoms with Crippen molar-refractivity contribution >= 4 is 17.3 Å². The monoisotopic (exact) mass is 311 g/mol. The molecule has 0 spiro atoms. The Balaban J connectivity index is 1.62. The Bertz CT molecular complexity index is 408. The summed E-state index contributed by atoms with van der Waals surface area (Å²) >= 11 is 6.06. The zero-order valence-electron chi connectivity index (χ0n) is 12.9. The molecule has 118 valence electrons. The molecule has 5 heteroatoms. The van der Waals surface area contributed by atoms with Crippen molar-refractivity contribution in [1.82, 2.24) is 10.2 Å². The van der Waals surface area contributed by atoms with Crippen molar-refractivity contribution in [1.29, 1.82) is 0 Å². The molecule has 1 N–H and O–H groups in total. The summed E-state index contributed by atoms with van der Waals surface area (Å²) in [7, 11) is 1.75. The molecule has 0 aromatic heterocycles. The zero-order valence-corrected chi connectivity index (χ0v) is 13.6. The second kappa shape index (κ2) is 9.26. The predicted molar refractivity (Wildman–Crippen MR) is 89.5 cm³/mol. The highest BCUT2D eigenvalue weighted by atomic mass is 35.5. The highest BCUT2D eigenvalue weighted by Gasteiger charge is 2.16. The smallest absolute Gasteiger partial charge is 0.0474 e. The van der Waals surface area contributed by atoms with Gasteiger partial charge < -0.3 is 15.0 Å². The second-order valence-electron chi connectivity index (χ2n) is 5.40. The normalized spacial score (nSPS) is 16.4. The predicted octanol–water partition coefficient (Wildman–Crippen LogP) is 2.09. The number of ether oxygens (including phenoxy) is 1. The summed E-state index contributed by atoms with van der Waals surface area (Å²) in [6.07, 6.45) is 1.08. The molecule has 0 amide bonds. The first-order valence-electron chi connectivity index (χ1n) is 7.72. The van der Waals surface area contributed by atoms with Crippen molar-refractivity contribution < 1.29 is 4.74 Å². The van der Waals surface area contributed by atoms with Crippen LogP contribution in [0.4, 0.5) is 5.69 Å². The molecular weight excluding hydrogens is 286 g/mol. The summed E-state index contributed by atoms with van der Waals surface area (Å²) in [4.78, 5) is 4.93. The highest BCUT2D eigenvalue weighted by molar-refractivity contribution is 6.30. The third-order valence-corrected chi connectivity index (χ3v) is 4.09. The van der Waals surface area contributed by atoms with Crippen molar-refractivity contribution in [2.45, 2.75) is 6.42 Å². The van der Waals surface area contributed by atoms with Crippen molar-refractivity contribution in [2.75, 3.05) is 64.4 Å². The minimum atomic E-state index is 0.815. The van der Waals surface area contributed by atoms with Gasteiger partial charge in [-0.25, -0.2) is 0 Å². The zero-order chi connectivity index (χ0) is 14.9. The molecule has 0 aliphatic carbocycles. The number of nitrogens with zero attached hydrogens (tertiary/aromatic N) is 2. The fraction of sp³-hybridized carbons (Fsp3) is 0.625. The molecule has 1 saturated heterocycles. The van der Waals surface area contributed by atoms with E-state index >= 15 is 0 Å². The Morgan fingerprint density at radius 2 is 2.00 bits per heavy atom. The van der Waals surface area contributed by atoms with E-state index in [1.54, 1.807) is 7.11 Å². The third-order valence-electron chi connectivity index (χ3n) is 3.85. The maximum atomic E-state index is 6.06. The van der Waals surface area contributed by atoms with Crippen LogP contribution in [0.25, 0.3) is 0 Å². The molecule has 1 heterocycles. The second-order valence-corrected chi connectivity index (χ2v) is 5.84. The molecule has 1 aliphatic heterocycles. The summed E-state index contributed by atoms with van der Waals surface area (Å²) in [6, 6.07) is 8.14. The molecule has 0 saturated carbocycles. The Labute approximate surface area is 133 Å². The first kappa shape index (κ1) is 16.6. The van der Waals surface area contributed by atoms with Crippen LogP contribution in [-0.2, 0) is 4.74 Å². The molecule has 0 radical (unpaired) electrons. The van der Waals surface area contributed by atoms with E-state index in [2.05, 4.69) is 27.2 Å². The summed E-state index contributed by atoms with van der Waals surface area (Å²) in [5, 5.41) is 4.28. The highest BCUT2D eigenvalue weighted by Crippen LogP contribution is 2.20. The molecule has 0 atom stereocenters. The number of methoxy groups -OCH3 is 1. The number of halogens is 1. The fourth-order valence-corrected chi connectivity index (χ4v) is 2.79. The molecule has 21 heavy (non-hydrogen) atoms. The fourth-order valence-electron chi connectivity index (χ4n) is 2.61. The molecule has 1 fully saturated rings. The van der Waals surface area contributed by atoms with E-state index in [0.29, 0.717) is 0 Å². The number of rotatable bonds is 8. The van der Waals surface area contributed by atoms with Crippen LogP contribution >= 0.6 is 11.6 Å². The number of hydrogen-bond acceptors (Lipinski definition) is 4. The van der Waals surface area contributed by atoms with E-state index in [-0.39, 0.29) is 0 Å². The summed E-state index contributed by atoms with van der Waals surface area (Å²) in [5.41, 5.74) is 1.24. The van der Waals surface area contributed by atoms with E-state index < -0.39 is 0 Å². The minimum absolute atomic E-state index is 0.815. The van der Waals surface area contributed by atoms with E-state index in [1.807, 2.05) is 12.1 Å². The van der Waals surface area contributed by atoms with Crippen LogP contribution in [0.1, 0.15) is 6.42 Å². The van der Waals surface area contributed by atoms with Crippen LogP contribution in [0, 0.1) is 0 Å². The summed E-state index contributed by atoms with van der Waals surface area (Å²) < 4.78 is 5.04. The number of piperazine rings is 1. The van der Waals surface area contributed by atoms with Crippen LogP contribution in [-0.4, -0.2) is 64.4 Å². The number of nitrogens with one attached hydrogen (secondary N) is 1. The first-order chi connectivity index (χ1) is 10.3. The number of hydrogen-bond donors (Lipinski definition) is 1. The number of anilines is 1. The maximum Gasteiger partial charge on any atom is 0.0474 e. The van der Waals surface area contributed by atoms with E-state index in [4.69, 9.17) is 16.3 Å². The molecule has 2 rings (SSSR count). The van der Waals surface area contributed by atoms with Gasteiger partial charge in [0.25, 0.3) is 0 Å². The van der Waals surface area contributed by atoms with Crippen LogP contribution in [0.2, 0.25) is 5.02 Å². The molecule has 1 aromatic rings. The standard InChI is InChI=1S/C16H26ClN3O/c1-21-13-3-6-18-7-8-19-9-11-20(12-10-19)16-5-2-4-15(17)14-16/h2,4-5,14,18H,3,6-13H2,1H3. The van der Waals surface area contributed by atoms with Gasteiger partial charge in [0.15, 0.2) is 0 Å². The summed E-state index contributed by atoms with van der Waals surface area (Å²) in [5.74, 6) is 0. The van der Waals surface area contributed by atoms with Crippen molar-refractivity contribution in [3.05, 3.63) is 29.3 Å². The average molecular weight is 312 g/mol. The molecule has 4 nitrogen and oxygen atoms in total. The van der Waals surface area contributed by atoms with Gasteiger partial charge in [-0.1, -0.05) is 17.7 Å². The van der Waals surface area contributed by atoms with E-state index in [1.165, 1.54) is 5.69 Å². The quantitative estimate of drug-likeness (QED) is 0.744. The van der Waals surface area contributed by atoms with Crippen LogP contribution in [0.3, 0.4) is 0 Å².